The minimum Gasteiger partial charge on any atom is -0.497 e. The van der Waals surface area contributed by atoms with Crippen LogP contribution >= 0.6 is 0 Å². The van der Waals surface area contributed by atoms with Crippen molar-refractivity contribution in [3.63, 3.8) is 0 Å². The first kappa shape index (κ1) is 35.8. The monoisotopic (exact) mass is 542 g/mol. The molecule has 0 aliphatic rings. The fourth-order valence-corrected chi connectivity index (χ4v) is 3.28. The van der Waals surface area contributed by atoms with Crippen LogP contribution in [0.1, 0.15) is 45.1 Å². The molecule has 0 aliphatic carbocycles. The van der Waals surface area contributed by atoms with Crippen molar-refractivity contribution in [1.82, 2.24) is 0 Å². The molecule has 0 amide bonds. The van der Waals surface area contributed by atoms with Gasteiger partial charge in [0.25, 0.3) is 0 Å². The average Bonchev–Trinajstić information content (AvgIpc) is 2.98. The van der Waals surface area contributed by atoms with Crippen LogP contribution in [0.25, 0.3) is 11.1 Å². The van der Waals surface area contributed by atoms with Crippen LogP contribution < -0.4 is 4.74 Å². The van der Waals surface area contributed by atoms with E-state index in [2.05, 4.69) is 76.6 Å². The Morgan fingerprint density at radius 1 is 0.825 bits per heavy atom. The van der Waals surface area contributed by atoms with Gasteiger partial charge in [0.15, 0.2) is 0 Å². The highest BCUT2D eigenvalue weighted by Gasteiger charge is 2.07. The normalized spacial score (nSPS) is 10.9. The van der Waals surface area contributed by atoms with Gasteiger partial charge in [-0.1, -0.05) is 112 Å². The van der Waals surface area contributed by atoms with Crippen LogP contribution in [0.2, 0.25) is 0 Å². The largest absolute Gasteiger partial charge is 0.497 e. The first-order valence-corrected chi connectivity index (χ1v) is 13.4. The first-order valence-electron chi connectivity index (χ1n) is 13.4. The number of carbonyl (C=O) groups excluding carboxylic acids is 2. The summed E-state index contributed by atoms with van der Waals surface area (Å²) in [5.41, 5.74) is 6.31. The van der Waals surface area contributed by atoms with E-state index in [0.29, 0.717) is 12.4 Å². The van der Waals surface area contributed by atoms with Gasteiger partial charge >= 0.3 is 0 Å². The van der Waals surface area contributed by atoms with Crippen molar-refractivity contribution in [1.29, 1.82) is 0 Å². The van der Waals surface area contributed by atoms with Crippen molar-refractivity contribution < 1.29 is 19.1 Å². The molecule has 0 radical (unpaired) electrons. The highest BCUT2D eigenvalue weighted by Crippen LogP contribution is 2.23. The number of rotatable bonds is 15. The minimum absolute atomic E-state index is 0.127. The lowest BCUT2D eigenvalue weighted by atomic mass is 10.0. The molecule has 0 saturated heterocycles. The highest BCUT2D eigenvalue weighted by atomic mass is 16.5. The summed E-state index contributed by atoms with van der Waals surface area (Å²) >= 11 is 0. The van der Waals surface area contributed by atoms with Gasteiger partial charge < -0.3 is 19.1 Å². The van der Waals surface area contributed by atoms with Crippen molar-refractivity contribution in [2.75, 3.05) is 13.7 Å². The number of hydrogen-bond donors (Lipinski definition) is 0. The second-order valence-corrected chi connectivity index (χ2v) is 9.30. The van der Waals surface area contributed by atoms with Crippen molar-refractivity contribution >= 4 is 13.1 Å². The lowest BCUT2D eigenvalue weighted by Gasteiger charge is -2.11. The molecule has 1 atom stereocenters. The van der Waals surface area contributed by atoms with E-state index < -0.39 is 0 Å². The summed E-state index contributed by atoms with van der Waals surface area (Å²) in [6.07, 6.45) is 12.4. The number of benzene rings is 2. The molecule has 0 N–H and O–H groups in total. The SMILES string of the molecule is C=C(C)/C=C\C(=C)C(=C)/C=C\C(=C)OC.C=O.CCCCC(C=O)CCOc1ccc(-c2ccc(C)cc2)cc1. The summed E-state index contributed by atoms with van der Waals surface area (Å²) in [5, 5.41) is 0. The van der Waals surface area contributed by atoms with Crippen molar-refractivity contribution in [3.05, 3.63) is 127 Å². The van der Waals surface area contributed by atoms with Crippen LogP contribution in [0.3, 0.4) is 0 Å². The third-order valence-corrected chi connectivity index (χ3v) is 5.83. The van der Waals surface area contributed by atoms with Crippen LogP contribution in [0.15, 0.2) is 122 Å². The average molecular weight is 543 g/mol. The molecular formula is C36H46O4. The van der Waals surface area contributed by atoms with Gasteiger partial charge in [-0.15, -0.1) is 0 Å². The predicted octanol–water partition coefficient (Wildman–Crippen LogP) is 9.20. The zero-order chi connectivity index (χ0) is 30.3. The quantitative estimate of drug-likeness (QED) is 0.128. The van der Waals surface area contributed by atoms with Crippen molar-refractivity contribution in [2.45, 2.75) is 46.5 Å². The standard InChI is InChI=1S/C21H26O2.C14H18O.CH2O/c1-3-4-5-18(16-22)14-15-23-21-12-10-20(11-13-21)19-8-6-17(2)7-9-19;1-11(2)7-8-12(3)13(4)9-10-14(5)15-6;1-2/h6-13,16,18H,3-5,14-15H2,1-2H3;7-10H,1,3-5H2,2,6H3;1H2/b;8-7-,10-9-;. The van der Waals surface area contributed by atoms with Crippen LogP contribution in [-0.2, 0) is 14.3 Å². The van der Waals surface area contributed by atoms with Crippen LogP contribution in [0, 0.1) is 12.8 Å². The van der Waals surface area contributed by atoms with Gasteiger partial charge in [-0.05, 0) is 67.2 Å². The molecular weight excluding hydrogens is 496 g/mol. The summed E-state index contributed by atoms with van der Waals surface area (Å²) in [7, 11) is 1.57. The molecule has 0 bridgehead atoms. The van der Waals surface area contributed by atoms with E-state index in [1.807, 2.05) is 44.1 Å². The number of unbranched alkanes of at least 4 members (excludes halogenated alkanes) is 1. The van der Waals surface area contributed by atoms with E-state index in [0.717, 1.165) is 54.4 Å². The number of aldehydes is 1. The lowest BCUT2D eigenvalue weighted by Crippen LogP contribution is -2.08. The van der Waals surface area contributed by atoms with Gasteiger partial charge in [0.2, 0.25) is 0 Å². The number of carbonyl (C=O) groups is 2. The van der Waals surface area contributed by atoms with E-state index in [1.54, 1.807) is 13.2 Å². The van der Waals surface area contributed by atoms with Gasteiger partial charge in [0.1, 0.15) is 24.6 Å². The molecule has 214 valence electrons. The number of methoxy groups -OCH3 is 1. The second kappa shape index (κ2) is 21.7. The van der Waals surface area contributed by atoms with E-state index in [9.17, 15) is 4.79 Å². The smallest absolute Gasteiger partial charge is 0.123 e. The Bertz CT molecular complexity index is 1120. The molecule has 0 aromatic heterocycles. The Labute approximate surface area is 242 Å². The highest BCUT2D eigenvalue weighted by molar-refractivity contribution is 5.64. The maximum absolute atomic E-state index is 11.0. The molecule has 0 spiro atoms. The van der Waals surface area contributed by atoms with Gasteiger partial charge in [-0.2, -0.15) is 0 Å². The van der Waals surface area contributed by atoms with Gasteiger partial charge in [0.05, 0.1) is 13.7 Å². The van der Waals surface area contributed by atoms with Crippen molar-refractivity contribution in [3.8, 4) is 16.9 Å². The maximum Gasteiger partial charge on any atom is 0.123 e. The van der Waals surface area contributed by atoms with Crippen LogP contribution in [0.5, 0.6) is 5.75 Å². The molecule has 2 aromatic carbocycles. The topological polar surface area (TPSA) is 52.6 Å². The third-order valence-electron chi connectivity index (χ3n) is 5.83. The van der Waals surface area contributed by atoms with Gasteiger partial charge in [-0.3, -0.25) is 0 Å². The molecule has 0 fully saturated rings. The zero-order valence-corrected chi connectivity index (χ0v) is 24.8. The Morgan fingerprint density at radius 2 is 1.35 bits per heavy atom. The van der Waals surface area contributed by atoms with E-state index >= 15 is 0 Å². The van der Waals surface area contributed by atoms with Gasteiger partial charge in [-0.25, -0.2) is 0 Å². The molecule has 4 heteroatoms. The Morgan fingerprint density at radius 3 is 1.82 bits per heavy atom. The molecule has 0 saturated carbocycles. The summed E-state index contributed by atoms with van der Waals surface area (Å²) < 4.78 is 10.7. The van der Waals surface area contributed by atoms with E-state index in [1.165, 1.54) is 16.7 Å². The van der Waals surface area contributed by atoms with Crippen LogP contribution in [-0.4, -0.2) is 26.8 Å². The Kier molecular flexibility index (Phi) is 19.5. The number of allylic oxidation sites excluding steroid dienone is 7. The van der Waals surface area contributed by atoms with E-state index in [-0.39, 0.29) is 5.92 Å². The lowest BCUT2D eigenvalue weighted by molar-refractivity contribution is -0.111. The van der Waals surface area contributed by atoms with Crippen LogP contribution in [0.4, 0.5) is 0 Å². The molecule has 1 unspecified atom stereocenters. The Balaban J connectivity index is 0.000000779. The fourth-order valence-electron chi connectivity index (χ4n) is 3.28. The van der Waals surface area contributed by atoms with E-state index in [4.69, 9.17) is 14.3 Å². The summed E-state index contributed by atoms with van der Waals surface area (Å²) in [4.78, 5) is 19.0. The fraction of sp³-hybridized carbons (Fsp3) is 0.278. The molecule has 2 rings (SSSR count). The Hall–Kier alpha value is -4.18. The molecule has 4 nitrogen and oxygen atoms in total. The number of aryl methyl sites for hydroxylation is 1. The summed E-state index contributed by atoms with van der Waals surface area (Å²) in [6.45, 7) is 23.9. The first-order chi connectivity index (χ1) is 19.2. The molecule has 2 aromatic rings. The second-order valence-electron chi connectivity index (χ2n) is 9.30. The molecule has 0 aliphatic heterocycles. The number of ether oxygens (including phenoxy) is 2. The maximum atomic E-state index is 11.0. The predicted molar refractivity (Wildman–Crippen MR) is 170 cm³/mol. The summed E-state index contributed by atoms with van der Waals surface area (Å²) in [5.74, 6) is 1.58. The minimum atomic E-state index is 0.127. The third kappa shape index (κ3) is 15.9. The molecule has 40 heavy (non-hydrogen) atoms. The van der Waals surface area contributed by atoms with Gasteiger partial charge in [0, 0.05) is 5.92 Å². The zero-order valence-electron chi connectivity index (χ0n) is 24.8. The number of hydrogen-bond acceptors (Lipinski definition) is 4. The summed E-state index contributed by atoms with van der Waals surface area (Å²) in [6, 6.07) is 16.7. The molecule has 0 heterocycles. The van der Waals surface area contributed by atoms with Crippen molar-refractivity contribution in [2.24, 2.45) is 5.92 Å².